The van der Waals surface area contributed by atoms with E-state index in [1.807, 2.05) is 0 Å². The van der Waals surface area contributed by atoms with Crippen LogP contribution < -0.4 is 5.32 Å². The number of amides is 1. The van der Waals surface area contributed by atoms with Crippen molar-refractivity contribution in [2.75, 3.05) is 7.11 Å². The van der Waals surface area contributed by atoms with Crippen LogP contribution in [0.4, 0.5) is 0 Å². The molecule has 0 spiro atoms. The Morgan fingerprint density at radius 3 is 2.24 bits per heavy atom. The maximum atomic E-state index is 11.7. The minimum atomic E-state index is -0.968. The Hall–Kier alpha value is -1.59. The number of hydrogen-bond acceptors (Lipinski definition) is 4. The Balaban J connectivity index is 2.55. The molecule has 0 saturated heterocycles. The van der Waals surface area contributed by atoms with Crippen LogP contribution in [0, 0.1) is 17.8 Å². The van der Waals surface area contributed by atoms with Crippen LogP contribution in [0.3, 0.4) is 0 Å². The molecule has 0 aromatic heterocycles. The Labute approximate surface area is 99.3 Å². The highest BCUT2D eigenvalue weighted by molar-refractivity contribution is 5.92. The zero-order chi connectivity index (χ0) is 13.2. The molecule has 0 radical (unpaired) electrons. The first kappa shape index (κ1) is 13.5. The quantitative estimate of drug-likeness (QED) is 0.664. The predicted molar refractivity (Wildman–Crippen MR) is 58.0 cm³/mol. The number of esters is 1. The number of ether oxygens (including phenoxy) is 1. The Kier molecular flexibility index (Phi) is 4.09. The minimum Gasteiger partial charge on any atom is -0.481 e. The van der Waals surface area contributed by atoms with Crippen molar-refractivity contribution in [3.8, 4) is 0 Å². The Morgan fingerprint density at radius 1 is 1.29 bits per heavy atom. The fourth-order valence-corrected chi connectivity index (χ4v) is 1.64. The van der Waals surface area contributed by atoms with Crippen LogP contribution in [-0.4, -0.2) is 36.1 Å². The van der Waals surface area contributed by atoms with Gasteiger partial charge in [-0.3, -0.25) is 9.59 Å². The lowest BCUT2D eigenvalue weighted by Gasteiger charge is -2.19. The summed E-state index contributed by atoms with van der Waals surface area (Å²) in [6, 6.07) is -0.720. The molecule has 0 heterocycles. The number of nitrogens with one attached hydrogen (secondary N) is 1. The summed E-state index contributed by atoms with van der Waals surface area (Å²) in [5.41, 5.74) is 0. The topological polar surface area (TPSA) is 92.7 Å². The van der Waals surface area contributed by atoms with Gasteiger partial charge in [0.05, 0.1) is 18.9 Å². The van der Waals surface area contributed by atoms with Crippen molar-refractivity contribution in [1.29, 1.82) is 0 Å². The van der Waals surface area contributed by atoms with Crippen molar-refractivity contribution >= 4 is 17.8 Å². The van der Waals surface area contributed by atoms with E-state index >= 15 is 0 Å². The third-order valence-corrected chi connectivity index (χ3v) is 2.86. The fraction of sp³-hybridized carbons (Fsp3) is 0.727. The van der Waals surface area contributed by atoms with E-state index in [-0.39, 0.29) is 11.8 Å². The summed E-state index contributed by atoms with van der Waals surface area (Å²) in [5.74, 6) is -3.10. The zero-order valence-corrected chi connectivity index (χ0v) is 10.1. The standard InChI is InChI=1S/C11H17NO5/c1-5(2)8(11(16)17-3)12-9(13)6-4-7(6)10(14)15/h5-8H,4H2,1-3H3,(H,12,13)(H,14,15)/t6-,7+,8+/m1/s1. The van der Waals surface area contributed by atoms with Gasteiger partial charge in [-0.2, -0.15) is 0 Å². The molecule has 0 bridgehead atoms. The molecule has 3 atom stereocenters. The van der Waals surface area contributed by atoms with E-state index in [2.05, 4.69) is 10.1 Å². The third-order valence-electron chi connectivity index (χ3n) is 2.86. The molecular formula is C11H17NO5. The van der Waals surface area contributed by atoms with Gasteiger partial charge in [-0.25, -0.2) is 4.79 Å². The van der Waals surface area contributed by atoms with Gasteiger partial charge in [0.1, 0.15) is 6.04 Å². The zero-order valence-electron chi connectivity index (χ0n) is 10.1. The van der Waals surface area contributed by atoms with E-state index in [1.165, 1.54) is 7.11 Å². The van der Waals surface area contributed by atoms with Crippen LogP contribution in [0.15, 0.2) is 0 Å². The molecule has 0 aromatic rings. The average molecular weight is 243 g/mol. The van der Waals surface area contributed by atoms with Gasteiger partial charge in [-0.05, 0) is 12.3 Å². The molecule has 0 aliphatic heterocycles. The van der Waals surface area contributed by atoms with Crippen LogP contribution in [0.25, 0.3) is 0 Å². The van der Waals surface area contributed by atoms with Gasteiger partial charge < -0.3 is 15.2 Å². The fourth-order valence-electron chi connectivity index (χ4n) is 1.64. The first-order valence-corrected chi connectivity index (χ1v) is 5.49. The predicted octanol–water partition coefficient (Wildman–Crippen LogP) is 0.0209. The number of carboxylic acid groups (broad SMARTS) is 1. The van der Waals surface area contributed by atoms with Crippen molar-refractivity contribution in [2.24, 2.45) is 17.8 Å². The maximum Gasteiger partial charge on any atom is 0.328 e. The maximum absolute atomic E-state index is 11.7. The molecule has 96 valence electrons. The Morgan fingerprint density at radius 2 is 1.88 bits per heavy atom. The van der Waals surface area contributed by atoms with Crippen LogP contribution in [0.2, 0.25) is 0 Å². The summed E-state index contributed by atoms with van der Waals surface area (Å²) in [4.78, 5) is 33.7. The molecule has 1 rings (SSSR count). The highest BCUT2D eigenvalue weighted by Crippen LogP contribution is 2.38. The van der Waals surface area contributed by atoms with Gasteiger partial charge in [-0.1, -0.05) is 13.8 Å². The number of carbonyl (C=O) groups excluding carboxylic acids is 2. The summed E-state index contributed by atoms with van der Waals surface area (Å²) < 4.78 is 4.58. The number of methoxy groups -OCH3 is 1. The summed E-state index contributed by atoms with van der Waals surface area (Å²) in [6.45, 7) is 3.56. The molecular weight excluding hydrogens is 226 g/mol. The monoisotopic (exact) mass is 243 g/mol. The smallest absolute Gasteiger partial charge is 0.328 e. The van der Waals surface area contributed by atoms with E-state index < -0.39 is 29.8 Å². The second-order valence-electron chi connectivity index (χ2n) is 4.54. The second kappa shape index (κ2) is 5.16. The molecule has 0 aromatic carbocycles. The molecule has 0 unspecified atom stereocenters. The number of carbonyl (C=O) groups is 3. The van der Waals surface area contributed by atoms with Crippen LogP contribution in [-0.2, 0) is 19.1 Å². The Bertz CT molecular complexity index is 339. The van der Waals surface area contributed by atoms with E-state index in [9.17, 15) is 14.4 Å². The van der Waals surface area contributed by atoms with Gasteiger partial charge >= 0.3 is 11.9 Å². The van der Waals surface area contributed by atoms with Crippen molar-refractivity contribution in [3.05, 3.63) is 0 Å². The highest BCUT2D eigenvalue weighted by atomic mass is 16.5. The van der Waals surface area contributed by atoms with E-state index in [0.717, 1.165) is 0 Å². The molecule has 1 aliphatic rings. The van der Waals surface area contributed by atoms with Crippen molar-refractivity contribution in [3.63, 3.8) is 0 Å². The average Bonchev–Trinajstić information content (AvgIpc) is 3.03. The normalized spacial score (nSPS) is 24.0. The first-order chi connectivity index (χ1) is 7.88. The summed E-state index contributed by atoms with van der Waals surface area (Å²) in [6.07, 6.45) is 0.340. The van der Waals surface area contributed by atoms with Gasteiger partial charge in [-0.15, -0.1) is 0 Å². The van der Waals surface area contributed by atoms with E-state index in [0.29, 0.717) is 6.42 Å². The van der Waals surface area contributed by atoms with Gasteiger partial charge in [0.2, 0.25) is 5.91 Å². The van der Waals surface area contributed by atoms with Crippen molar-refractivity contribution < 1.29 is 24.2 Å². The van der Waals surface area contributed by atoms with Gasteiger partial charge in [0.15, 0.2) is 0 Å². The summed E-state index contributed by atoms with van der Waals surface area (Å²) >= 11 is 0. The van der Waals surface area contributed by atoms with E-state index in [1.54, 1.807) is 13.8 Å². The molecule has 6 heteroatoms. The minimum absolute atomic E-state index is 0.103. The lowest BCUT2D eigenvalue weighted by Crippen LogP contribution is -2.45. The summed E-state index contributed by atoms with van der Waals surface area (Å²) in [7, 11) is 1.25. The molecule has 1 saturated carbocycles. The number of rotatable bonds is 5. The van der Waals surface area contributed by atoms with Gasteiger partial charge in [0.25, 0.3) is 0 Å². The first-order valence-electron chi connectivity index (χ1n) is 5.49. The molecule has 6 nitrogen and oxygen atoms in total. The van der Waals surface area contributed by atoms with Crippen LogP contribution >= 0.6 is 0 Å². The lowest BCUT2D eigenvalue weighted by atomic mass is 10.0. The molecule has 1 aliphatic carbocycles. The SMILES string of the molecule is COC(=O)[C@@H](NC(=O)[C@@H]1C[C@@H]1C(=O)O)C(C)C. The molecule has 1 fully saturated rings. The largest absolute Gasteiger partial charge is 0.481 e. The second-order valence-corrected chi connectivity index (χ2v) is 4.54. The van der Waals surface area contributed by atoms with E-state index in [4.69, 9.17) is 5.11 Å². The van der Waals surface area contributed by atoms with Crippen molar-refractivity contribution in [2.45, 2.75) is 26.3 Å². The van der Waals surface area contributed by atoms with Gasteiger partial charge in [0, 0.05) is 0 Å². The third kappa shape index (κ3) is 3.18. The highest BCUT2D eigenvalue weighted by Gasteiger charge is 2.49. The molecule has 1 amide bonds. The number of carboxylic acids is 1. The molecule has 2 N–H and O–H groups in total. The van der Waals surface area contributed by atoms with Crippen LogP contribution in [0.5, 0.6) is 0 Å². The molecule has 17 heavy (non-hydrogen) atoms. The number of hydrogen-bond donors (Lipinski definition) is 2. The number of aliphatic carboxylic acids is 1. The lowest BCUT2D eigenvalue weighted by molar-refractivity contribution is -0.146. The van der Waals surface area contributed by atoms with Crippen molar-refractivity contribution in [1.82, 2.24) is 5.32 Å². The van der Waals surface area contributed by atoms with Crippen LogP contribution in [0.1, 0.15) is 20.3 Å². The summed E-state index contributed by atoms with van der Waals surface area (Å²) in [5, 5.41) is 11.2.